The summed E-state index contributed by atoms with van der Waals surface area (Å²) in [6, 6.07) is 7.00. The van der Waals surface area contributed by atoms with Crippen molar-refractivity contribution in [2.45, 2.75) is 6.42 Å². The highest BCUT2D eigenvalue weighted by atomic mass is 16.5. The SMILES string of the molecule is COC(=O)C=CCc1ccccc1O. The van der Waals surface area contributed by atoms with E-state index < -0.39 is 0 Å². The highest BCUT2D eigenvalue weighted by Crippen LogP contribution is 2.16. The normalized spacial score (nSPS) is 10.4. The fraction of sp³-hybridized carbons (Fsp3) is 0.182. The van der Waals surface area contributed by atoms with Crippen LogP contribution in [0.4, 0.5) is 0 Å². The van der Waals surface area contributed by atoms with E-state index in [2.05, 4.69) is 4.74 Å². The molecule has 0 heterocycles. The lowest BCUT2D eigenvalue weighted by Gasteiger charge is -1.99. The van der Waals surface area contributed by atoms with Gasteiger partial charge in [-0.1, -0.05) is 24.3 Å². The Morgan fingerprint density at radius 2 is 2.21 bits per heavy atom. The number of rotatable bonds is 3. The molecule has 1 aromatic carbocycles. The van der Waals surface area contributed by atoms with Crippen LogP contribution in [0.2, 0.25) is 0 Å². The molecule has 14 heavy (non-hydrogen) atoms. The minimum absolute atomic E-state index is 0.238. The van der Waals surface area contributed by atoms with Gasteiger partial charge in [-0.25, -0.2) is 4.79 Å². The Labute approximate surface area is 82.6 Å². The molecule has 0 aliphatic heterocycles. The van der Waals surface area contributed by atoms with Gasteiger partial charge in [0, 0.05) is 6.08 Å². The molecule has 0 saturated heterocycles. The third kappa shape index (κ3) is 2.94. The highest BCUT2D eigenvalue weighted by molar-refractivity contribution is 5.81. The van der Waals surface area contributed by atoms with Gasteiger partial charge in [0.1, 0.15) is 5.75 Å². The number of hydrogen-bond donors (Lipinski definition) is 1. The summed E-state index contributed by atoms with van der Waals surface area (Å²) in [6.45, 7) is 0. The van der Waals surface area contributed by atoms with Crippen molar-refractivity contribution in [3.8, 4) is 5.75 Å². The van der Waals surface area contributed by atoms with Crippen molar-refractivity contribution in [1.82, 2.24) is 0 Å². The number of ether oxygens (including phenoxy) is 1. The number of hydrogen-bond acceptors (Lipinski definition) is 3. The number of aromatic hydroxyl groups is 1. The smallest absolute Gasteiger partial charge is 0.330 e. The number of allylic oxidation sites excluding steroid dienone is 1. The van der Waals surface area contributed by atoms with Crippen LogP contribution in [-0.4, -0.2) is 18.2 Å². The van der Waals surface area contributed by atoms with Gasteiger partial charge in [0.25, 0.3) is 0 Å². The molecule has 0 spiro atoms. The Kier molecular flexibility index (Phi) is 3.73. The van der Waals surface area contributed by atoms with Crippen molar-refractivity contribution < 1.29 is 14.6 Å². The molecular formula is C11H12O3. The first-order chi connectivity index (χ1) is 6.74. The molecule has 3 heteroatoms. The average molecular weight is 192 g/mol. The van der Waals surface area contributed by atoms with Crippen LogP contribution in [-0.2, 0) is 16.0 Å². The summed E-state index contributed by atoms with van der Waals surface area (Å²) in [5.74, 6) is -0.151. The van der Waals surface area contributed by atoms with E-state index in [9.17, 15) is 9.90 Å². The number of para-hydroxylation sites is 1. The fourth-order valence-corrected chi connectivity index (χ4v) is 1.03. The second-order valence-electron chi connectivity index (χ2n) is 2.76. The van der Waals surface area contributed by atoms with Crippen LogP contribution < -0.4 is 0 Å². The lowest BCUT2D eigenvalue weighted by molar-refractivity contribution is -0.134. The lowest BCUT2D eigenvalue weighted by atomic mass is 10.1. The second kappa shape index (κ2) is 5.07. The monoisotopic (exact) mass is 192 g/mol. The van der Waals surface area contributed by atoms with E-state index in [1.165, 1.54) is 13.2 Å². The molecule has 0 unspecified atom stereocenters. The Bertz CT molecular complexity index is 342. The maximum atomic E-state index is 10.7. The summed E-state index contributed by atoms with van der Waals surface area (Å²) in [5, 5.41) is 9.38. The van der Waals surface area contributed by atoms with Gasteiger partial charge in [0.05, 0.1) is 7.11 Å². The van der Waals surface area contributed by atoms with Crippen LogP contribution >= 0.6 is 0 Å². The fourth-order valence-electron chi connectivity index (χ4n) is 1.03. The minimum atomic E-state index is -0.388. The summed E-state index contributed by atoms with van der Waals surface area (Å²) in [4.78, 5) is 10.7. The molecule has 0 aliphatic rings. The zero-order valence-corrected chi connectivity index (χ0v) is 7.93. The second-order valence-corrected chi connectivity index (χ2v) is 2.76. The third-order valence-electron chi connectivity index (χ3n) is 1.78. The molecule has 0 radical (unpaired) electrons. The third-order valence-corrected chi connectivity index (χ3v) is 1.78. The van der Waals surface area contributed by atoms with Crippen molar-refractivity contribution in [3.63, 3.8) is 0 Å². The number of phenols is 1. The van der Waals surface area contributed by atoms with Gasteiger partial charge >= 0.3 is 5.97 Å². The predicted octanol–water partition coefficient (Wildman–Crippen LogP) is 1.66. The highest BCUT2D eigenvalue weighted by Gasteiger charge is 1.96. The summed E-state index contributed by atoms with van der Waals surface area (Å²) >= 11 is 0. The Morgan fingerprint density at radius 1 is 1.50 bits per heavy atom. The first kappa shape index (κ1) is 10.3. The van der Waals surface area contributed by atoms with Crippen LogP contribution in [0.1, 0.15) is 5.56 Å². The molecule has 74 valence electrons. The maximum Gasteiger partial charge on any atom is 0.330 e. The van der Waals surface area contributed by atoms with E-state index in [1.807, 2.05) is 6.07 Å². The summed E-state index contributed by atoms with van der Waals surface area (Å²) < 4.78 is 4.43. The van der Waals surface area contributed by atoms with E-state index in [1.54, 1.807) is 24.3 Å². The van der Waals surface area contributed by atoms with Crippen LogP contribution in [0.3, 0.4) is 0 Å². The van der Waals surface area contributed by atoms with E-state index in [0.29, 0.717) is 6.42 Å². The molecule has 0 atom stereocenters. The Balaban J connectivity index is 2.58. The number of esters is 1. The van der Waals surface area contributed by atoms with Crippen molar-refractivity contribution in [2.75, 3.05) is 7.11 Å². The van der Waals surface area contributed by atoms with Gasteiger partial charge in [-0.15, -0.1) is 0 Å². The minimum Gasteiger partial charge on any atom is -0.508 e. The first-order valence-corrected chi connectivity index (χ1v) is 4.25. The van der Waals surface area contributed by atoms with Crippen molar-refractivity contribution in [1.29, 1.82) is 0 Å². The van der Waals surface area contributed by atoms with Crippen molar-refractivity contribution >= 4 is 5.97 Å². The molecule has 1 N–H and O–H groups in total. The summed E-state index contributed by atoms with van der Waals surface area (Å²) in [5.41, 5.74) is 0.785. The molecule has 3 nitrogen and oxygen atoms in total. The molecule has 0 aliphatic carbocycles. The summed E-state index contributed by atoms with van der Waals surface area (Å²) in [7, 11) is 1.33. The topological polar surface area (TPSA) is 46.5 Å². The average Bonchev–Trinajstić information content (AvgIpc) is 2.20. The zero-order valence-electron chi connectivity index (χ0n) is 7.93. The molecule has 1 aromatic rings. The molecule has 0 fully saturated rings. The van der Waals surface area contributed by atoms with E-state index in [0.717, 1.165) is 5.56 Å². The van der Waals surface area contributed by atoms with Gasteiger partial charge in [-0.3, -0.25) is 0 Å². The molecule has 0 amide bonds. The molecule has 0 aromatic heterocycles. The molecular weight excluding hydrogens is 180 g/mol. The van der Waals surface area contributed by atoms with Crippen LogP contribution in [0.15, 0.2) is 36.4 Å². The summed E-state index contributed by atoms with van der Waals surface area (Å²) in [6.07, 6.45) is 3.51. The van der Waals surface area contributed by atoms with Crippen LogP contribution in [0.5, 0.6) is 5.75 Å². The number of carbonyl (C=O) groups excluding carboxylic acids is 1. The van der Waals surface area contributed by atoms with E-state index in [-0.39, 0.29) is 11.7 Å². The first-order valence-electron chi connectivity index (χ1n) is 4.25. The predicted molar refractivity (Wildman–Crippen MR) is 53.0 cm³/mol. The number of phenolic OH excluding ortho intramolecular Hbond substituents is 1. The van der Waals surface area contributed by atoms with Crippen LogP contribution in [0, 0.1) is 0 Å². The van der Waals surface area contributed by atoms with Gasteiger partial charge < -0.3 is 9.84 Å². The molecule has 0 saturated carbocycles. The maximum absolute atomic E-state index is 10.7. The van der Waals surface area contributed by atoms with Crippen LogP contribution in [0.25, 0.3) is 0 Å². The van der Waals surface area contributed by atoms with E-state index >= 15 is 0 Å². The standard InChI is InChI=1S/C11H12O3/c1-14-11(13)8-4-6-9-5-2-3-7-10(9)12/h2-5,7-8,12H,6H2,1H3. The van der Waals surface area contributed by atoms with Crippen molar-refractivity contribution in [2.24, 2.45) is 0 Å². The van der Waals surface area contributed by atoms with Gasteiger partial charge in [-0.05, 0) is 18.1 Å². The van der Waals surface area contributed by atoms with E-state index in [4.69, 9.17) is 0 Å². The Morgan fingerprint density at radius 3 is 2.86 bits per heavy atom. The van der Waals surface area contributed by atoms with Gasteiger partial charge in [0.2, 0.25) is 0 Å². The molecule has 0 bridgehead atoms. The Hall–Kier alpha value is -1.77. The van der Waals surface area contributed by atoms with Gasteiger partial charge in [0.15, 0.2) is 0 Å². The molecule has 1 rings (SSSR count). The zero-order chi connectivity index (χ0) is 10.4. The largest absolute Gasteiger partial charge is 0.508 e. The van der Waals surface area contributed by atoms with Crippen molar-refractivity contribution in [3.05, 3.63) is 42.0 Å². The lowest BCUT2D eigenvalue weighted by Crippen LogP contribution is -1.94. The van der Waals surface area contributed by atoms with Gasteiger partial charge in [-0.2, -0.15) is 0 Å². The quantitative estimate of drug-likeness (QED) is 0.585. The number of methoxy groups -OCH3 is 1. The number of carbonyl (C=O) groups is 1. The number of benzene rings is 1.